The Morgan fingerprint density at radius 1 is 1.38 bits per heavy atom. The van der Waals surface area contributed by atoms with Crippen molar-refractivity contribution in [3.8, 4) is 17.6 Å². The van der Waals surface area contributed by atoms with Gasteiger partial charge in [-0.1, -0.05) is 6.07 Å². The maximum absolute atomic E-state index is 12.5. The van der Waals surface area contributed by atoms with E-state index in [1.807, 2.05) is 18.2 Å². The molecule has 0 bridgehead atoms. The first-order valence-corrected chi connectivity index (χ1v) is 9.27. The maximum Gasteiger partial charge on any atom is 0.239 e. The van der Waals surface area contributed by atoms with Crippen LogP contribution in [0.1, 0.15) is 30.0 Å². The fraction of sp³-hybridized carbons (Fsp3) is 0.368. The minimum atomic E-state index is -0.108. The monoisotopic (exact) mass is 371 g/mol. The van der Waals surface area contributed by atoms with Crippen LogP contribution >= 0.6 is 11.3 Å². The Morgan fingerprint density at radius 2 is 2.23 bits per heavy atom. The molecule has 1 aliphatic heterocycles. The van der Waals surface area contributed by atoms with Crippen LogP contribution in [0.3, 0.4) is 0 Å². The fourth-order valence-electron chi connectivity index (χ4n) is 3.31. The Hall–Kier alpha value is -2.56. The van der Waals surface area contributed by atoms with Gasteiger partial charge in [0, 0.05) is 17.7 Å². The number of nitrogens with one attached hydrogen (secondary N) is 1. The van der Waals surface area contributed by atoms with E-state index in [0.717, 1.165) is 36.4 Å². The van der Waals surface area contributed by atoms with E-state index in [0.29, 0.717) is 10.6 Å². The Bertz CT molecular complexity index is 828. The summed E-state index contributed by atoms with van der Waals surface area (Å²) >= 11 is 1.36. The van der Waals surface area contributed by atoms with Crippen LogP contribution in [0.15, 0.2) is 29.6 Å². The van der Waals surface area contributed by atoms with E-state index in [9.17, 15) is 4.79 Å². The first-order valence-electron chi connectivity index (χ1n) is 8.39. The zero-order valence-electron chi connectivity index (χ0n) is 14.8. The molecule has 3 rings (SSSR count). The quantitative estimate of drug-likeness (QED) is 0.842. The van der Waals surface area contributed by atoms with Crippen LogP contribution in [0.25, 0.3) is 0 Å². The molecule has 0 aliphatic carbocycles. The number of thiophene rings is 1. The van der Waals surface area contributed by atoms with Gasteiger partial charge in [0.25, 0.3) is 0 Å². The van der Waals surface area contributed by atoms with Crippen molar-refractivity contribution in [1.29, 1.82) is 5.26 Å². The van der Waals surface area contributed by atoms with Crippen molar-refractivity contribution < 1.29 is 14.3 Å². The number of hydrogen-bond acceptors (Lipinski definition) is 6. The summed E-state index contributed by atoms with van der Waals surface area (Å²) in [7, 11) is 3.27. The summed E-state index contributed by atoms with van der Waals surface area (Å²) in [4.78, 5) is 14.6. The van der Waals surface area contributed by atoms with Crippen LogP contribution in [0.2, 0.25) is 0 Å². The zero-order valence-corrected chi connectivity index (χ0v) is 15.6. The molecule has 0 spiro atoms. The molecule has 1 aromatic carbocycles. The number of hydrogen-bond donors (Lipinski definition) is 1. The molecule has 136 valence electrons. The van der Waals surface area contributed by atoms with Crippen molar-refractivity contribution in [3.63, 3.8) is 0 Å². The van der Waals surface area contributed by atoms with Crippen molar-refractivity contribution in [1.82, 2.24) is 4.90 Å². The number of rotatable bonds is 6. The summed E-state index contributed by atoms with van der Waals surface area (Å²) in [5, 5.41) is 14.3. The summed E-state index contributed by atoms with van der Waals surface area (Å²) in [6, 6.07) is 9.72. The van der Waals surface area contributed by atoms with Crippen molar-refractivity contribution in [2.45, 2.75) is 18.9 Å². The Kier molecular flexibility index (Phi) is 5.76. The highest BCUT2D eigenvalue weighted by Gasteiger charge is 2.30. The average Bonchev–Trinajstić information content (AvgIpc) is 3.30. The highest BCUT2D eigenvalue weighted by molar-refractivity contribution is 7.14. The molecule has 7 heteroatoms. The molecule has 2 aromatic rings. The molecule has 1 saturated heterocycles. The number of carbonyl (C=O) groups excluding carboxylic acids is 1. The molecule has 1 fully saturated rings. The molecule has 26 heavy (non-hydrogen) atoms. The van der Waals surface area contributed by atoms with Gasteiger partial charge in [-0.3, -0.25) is 9.69 Å². The van der Waals surface area contributed by atoms with Crippen LogP contribution in [0, 0.1) is 11.3 Å². The average molecular weight is 371 g/mol. The number of ether oxygens (including phenoxy) is 2. The van der Waals surface area contributed by atoms with E-state index in [-0.39, 0.29) is 18.5 Å². The standard InChI is InChI=1S/C19H21N3O3S/c1-24-14-5-6-15(17(10-14)25-2)16-4-3-8-22(16)12-18(23)21-19-13(11-20)7-9-26-19/h5-7,9-10,16H,3-4,8,12H2,1-2H3,(H,21,23). The number of nitrogens with zero attached hydrogens (tertiary/aromatic N) is 2. The second-order valence-corrected chi connectivity index (χ2v) is 6.98. The van der Waals surface area contributed by atoms with Gasteiger partial charge in [0.05, 0.1) is 26.3 Å². The summed E-state index contributed by atoms with van der Waals surface area (Å²) in [5.41, 5.74) is 1.56. The molecule has 1 aromatic heterocycles. The van der Waals surface area contributed by atoms with Gasteiger partial charge in [-0.05, 0) is 36.9 Å². The molecule has 2 heterocycles. The lowest BCUT2D eigenvalue weighted by Gasteiger charge is -2.25. The molecule has 1 atom stereocenters. The van der Waals surface area contributed by atoms with Gasteiger partial charge in [0.15, 0.2) is 0 Å². The predicted octanol–water partition coefficient (Wildman–Crippen LogP) is 3.41. The molecule has 0 radical (unpaired) electrons. The third kappa shape index (κ3) is 3.82. The Morgan fingerprint density at radius 3 is 2.96 bits per heavy atom. The number of methoxy groups -OCH3 is 2. The molecule has 1 N–H and O–H groups in total. The minimum Gasteiger partial charge on any atom is -0.497 e. The van der Waals surface area contributed by atoms with Crippen molar-refractivity contribution in [2.24, 2.45) is 0 Å². The molecule has 1 unspecified atom stereocenters. The van der Waals surface area contributed by atoms with Crippen LogP contribution in [-0.2, 0) is 4.79 Å². The molecule has 6 nitrogen and oxygen atoms in total. The molecular formula is C19H21N3O3S. The van der Waals surface area contributed by atoms with E-state index in [4.69, 9.17) is 14.7 Å². The van der Waals surface area contributed by atoms with Crippen molar-refractivity contribution >= 4 is 22.2 Å². The van der Waals surface area contributed by atoms with E-state index in [2.05, 4.69) is 16.3 Å². The van der Waals surface area contributed by atoms with Gasteiger partial charge in [-0.25, -0.2) is 0 Å². The molecule has 0 saturated carbocycles. The normalized spacial score (nSPS) is 16.9. The molecule has 1 amide bonds. The van der Waals surface area contributed by atoms with Gasteiger partial charge in [-0.15, -0.1) is 11.3 Å². The van der Waals surface area contributed by atoms with Gasteiger partial charge >= 0.3 is 0 Å². The number of anilines is 1. The number of likely N-dealkylation sites (tertiary alicyclic amines) is 1. The van der Waals surface area contributed by atoms with E-state index in [1.54, 1.807) is 25.7 Å². The lowest BCUT2D eigenvalue weighted by molar-refractivity contribution is -0.117. The summed E-state index contributed by atoms with van der Waals surface area (Å²) < 4.78 is 10.8. The van der Waals surface area contributed by atoms with Crippen LogP contribution in [0.4, 0.5) is 5.00 Å². The largest absolute Gasteiger partial charge is 0.497 e. The Labute approximate surface area is 156 Å². The number of carbonyl (C=O) groups is 1. The maximum atomic E-state index is 12.5. The van der Waals surface area contributed by atoms with Crippen LogP contribution < -0.4 is 14.8 Å². The van der Waals surface area contributed by atoms with E-state index >= 15 is 0 Å². The number of benzene rings is 1. The third-order valence-corrected chi connectivity index (χ3v) is 5.38. The first-order chi connectivity index (χ1) is 12.7. The summed E-state index contributed by atoms with van der Waals surface area (Å²) in [6.45, 7) is 1.13. The lowest BCUT2D eigenvalue weighted by atomic mass is 10.0. The highest BCUT2D eigenvalue weighted by Crippen LogP contribution is 2.38. The second kappa shape index (κ2) is 8.21. The Balaban J connectivity index is 1.72. The van der Waals surface area contributed by atoms with E-state index in [1.165, 1.54) is 11.3 Å². The number of nitriles is 1. The lowest BCUT2D eigenvalue weighted by Crippen LogP contribution is -2.33. The summed E-state index contributed by atoms with van der Waals surface area (Å²) in [5.74, 6) is 1.41. The molecular weight excluding hydrogens is 350 g/mol. The topological polar surface area (TPSA) is 74.6 Å². The van der Waals surface area contributed by atoms with E-state index < -0.39 is 0 Å². The van der Waals surface area contributed by atoms with Gasteiger partial charge in [-0.2, -0.15) is 5.26 Å². The van der Waals surface area contributed by atoms with Crippen LogP contribution in [-0.4, -0.2) is 38.1 Å². The molecule has 1 aliphatic rings. The van der Waals surface area contributed by atoms with Crippen molar-refractivity contribution in [3.05, 3.63) is 40.8 Å². The predicted molar refractivity (Wildman–Crippen MR) is 101 cm³/mol. The SMILES string of the molecule is COc1ccc(C2CCCN2CC(=O)Nc2sccc2C#N)c(OC)c1. The third-order valence-electron chi connectivity index (χ3n) is 4.55. The zero-order chi connectivity index (χ0) is 18.5. The van der Waals surface area contributed by atoms with Gasteiger partial charge < -0.3 is 14.8 Å². The fourth-order valence-corrected chi connectivity index (χ4v) is 4.06. The van der Waals surface area contributed by atoms with Gasteiger partial charge in [0.2, 0.25) is 5.91 Å². The smallest absolute Gasteiger partial charge is 0.239 e. The van der Waals surface area contributed by atoms with Crippen molar-refractivity contribution in [2.75, 3.05) is 32.6 Å². The summed E-state index contributed by atoms with van der Waals surface area (Å²) in [6.07, 6.45) is 1.99. The van der Waals surface area contributed by atoms with Gasteiger partial charge in [0.1, 0.15) is 22.6 Å². The minimum absolute atomic E-state index is 0.108. The number of amides is 1. The first kappa shape index (κ1) is 18.2. The van der Waals surface area contributed by atoms with Crippen LogP contribution in [0.5, 0.6) is 11.5 Å². The second-order valence-electron chi connectivity index (χ2n) is 6.06. The highest BCUT2D eigenvalue weighted by atomic mass is 32.1.